The van der Waals surface area contributed by atoms with Crippen molar-refractivity contribution in [1.82, 2.24) is 14.8 Å². The fourth-order valence-corrected chi connectivity index (χ4v) is 5.53. The molecule has 1 unspecified atom stereocenters. The minimum absolute atomic E-state index is 0.0105. The third-order valence-electron chi connectivity index (χ3n) is 6.37. The van der Waals surface area contributed by atoms with Gasteiger partial charge in [0.15, 0.2) is 0 Å². The van der Waals surface area contributed by atoms with Crippen molar-refractivity contribution in [3.63, 3.8) is 0 Å². The number of piperidine rings is 3. The first kappa shape index (κ1) is 18.8. The van der Waals surface area contributed by atoms with Crippen LogP contribution in [0, 0.1) is 12.8 Å². The molecule has 3 aliphatic rings. The number of benzene rings is 1. The number of aromatic nitrogens is 1. The second-order valence-corrected chi connectivity index (χ2v) is 9.62. The predicted molar refractivity (Wildman–Crippen MR) is 120 cm³/mol. The molecule has 1 aromatic carbocycles. The summed E-state index contributed by atoms with van der Waals surface area (Å²) in [6.45, 7) is 6.61. The Bertz CT molecular complexity index is 1040. The van der Waals surface area contributed by atoms with E-state index in [1.165, 1.54) is 41.2 Å². The Kier molecular flexibility index (Phi) is 5.12. The van der Waals surface area contributed by atoms with Gasteiger partial charge in [0.1, 0.15) is 0 Å². The van der Waals surface area contributed by atoms with Crippen LogP contribution in [0.2, 0.25) is 0 Å². The number of pyridine rings is 1. The lowest BCUT2D eigenvalue weighted by Gasteiger charge is -2.45. The van der Waals surface area contributed by atoms with E-state index in [1.807, 2.05) is 24.4 Å². The summed E-state index contributed by atoms with van der Waals surface area (Å²) in [5.74, 6) is 0.805. The maximum absolute atomic E-state index is 12.5. The predicted octanol–water partition coefficient (Wildman–Crippen LogP) is 4.06. The molecule has 29 heavy (non-hydrogen) atoms. The van der Waals surface area contributed by atoms with Crippen molar-refractivity contribution in [3.05, 3.63) is 75.5 Å². The van der Waals surface area contributed by atoms with Crippen molar-refractivity contribution in [2.24, 2.45) is 5.92 Å². The smallest absolute Gasteiger partial charge is 0.255 e. The highest BCUT2D eigenvalue weighted by Crippen LogP contribution is 2.29. The van der Waals surface area contributed by atoms with E-state index in [9.17, 15) is 4.79 Å². The van der Waals surface area contributed by atoms with Crippen LogP contribution in [-0.2, 0) is 6.54 Å². The SMILES string of the molecule is Cc1ccc(-c2ccc(-n3cc(CNC4CN5CCC4CC5)ccc3=O)cc2)s1. The monoisotopic (exact) mass is 405 g/mol. The third-order valence-corrected chi connectivity index (χ3v) is 7.42. The molecule has 1 N–H and O–H groups in total. The van der Waals surface area contributed by atoms with Gasteiger partial charge in [0, 0.05) is 46.8 Å². The van der Waals surface area contributed by atoms with Crippen LogP contribution in [0.4, 0.5) is 0 Å². The lowest BCUT2D eigenvalue weighted by molar-refractivity contribution is 0.0720. The van der Waals surface area contributed by atoms with E-state index >= 15 is 0 Å². The minimum Gasteiger partial charge on any atom is -0.308 e. The quantitative estimate of drug-likeness (QED) is 0.696. The summed E-state index contributed by atoms with van der Waals surface area (Å²) >= 11 is 1.79. The molecule has 0 spiro atoms. The van der Waals surface area contributed by atoms with Gasteiger partial charge in [-0.05, 0) is 74.2 Å². The molecule has 3 saturated heterocycles. The second-order valence-electron chi connectivity index (χ2n) is 8.33. The molecule has 4 nitrogen and oxygen atoms in total. The number of rotatable bonds is 5. The normalized spacial score (nSPS) is 23.4. The Morgan fingerprint density at radius 1 is 1.03 bits per heavy atom. The standard InChI is InChI=1S/C24H27N3OS/c1-17-2-8-23(29-17)20-4-6-21(7-5-20)27-15-18(3-9-24(27)28)14-25-22-16-26-12-10-19(22)11-13-26/h2-9,15,19,22,25H,10-14,16H2,1H3. The number of nitrogens with one attached hydrogen (secondary N) is 1. The highest BCUT2D eigenvalue weighted by molar-refractivity contribution is 7.15. The summed E-state index contributed by atoms with van der Waals surface area (Å²) in [6, 6.07) is 16.8. The highest BCUT2D eigenvalue weighted by Gasteiger charge is 2.33. The number of fused-ring (bicyclic) bond motifs is 3. The molecule has 1 atom stereocenters. The Balaban J connectivity index is 1.32. The van der Waals surface area contributed by atoms with Crippen molar-refractivity contribution in [3.8, 4) is 16.1 Å². The van der Waals surface area contributed by atoms with Gasteiger partial charge in [-0.1, -0.05) is 18.2 Å². The lowest BCUT2D eigenvalue weighted by Crippen LogP contribution is -2.55. The molecule has 5 heteroatoms. The Hall–Kier alpha value is -2.21. The number of hydrogen-bond donors (Lipinski definition) is 1. The van der Waals surface area contributed by atoms with Crippen LogP contribution in [-0.4, -0.2) is 35.1 Å². The molecule has 6 rings (SSSR count). The second kappa shape index (κ2) is 7.90. The summed E-state index contributed by atoms with van der Waals surface area (Å²) in [5.41, 5.74) is 3.27. The first-order valence-electron chi connectivity index (χ1n) is 10.5. The molecule has 0 radical (unpaired) electrons. The fourth-order valence-electron chi connectivity index (χ4n) is 4.66. The van der Waals surface area contributed by atoms with Gasteiger partial charge in [-0.25, -0.2) is 0 Å². The van der Waals surface area contributed by atoms with E-state index in [-0.39, 0.29) is 5.56 Å². The van der Waals surface area contributed by atoms with E-state index in [2.05, 4.69) is 41.4 Å². The molecule has 150 valence electrons. The maximum Gasteiger partial charge on any atom is 0.255 e. The number of aryl methyl sites for hydroxylation is 1. The summed E-state index contributed by atoms with van der Waals surface area (Å²) in [7, 11) is 0. The summed E-state index contributed by atoms with van der Waals surface area (Å²) in [5, 5.41) is 3.74. The van der Waals surface area contributed by atoms with Gasteiger partial charge in [-0.3, -0.25) is 9.36 Å². The summed E-state index contributed by atoms with van der Waals surface area (Å²) < 4.78 is 1.76. The van der Waals surface area contributed by atoms with Gasteiger partial charge in [0.05, 0.1) is 0 Å². The third kappa shape index (κ3) is 3.95. The molecule has 3 aliphatic heterocycles. The van der Waals surface area contributed by atoms with Crippen molar-refractivity contribution < 1.29 is 0 Å². The van der Waals surface area contributed by atoms with Crippen LogP contribution in [0.5, 0.6) is 0 Å². The zero-order valence-corrected chi connectivity index (χ0v) is 17.6. The van der Waals surface area contributed by atoms with Gasteiger partial charge >= 0.3 is 0 Å². The molecule has 3 aromatic rings. The zero-order chi connectivity index (χ0) is 19.8. The molecule has 2 bridgehead atoms. The summed E-state index contributed by atoms with van der Waals surface area (Å²) in [6.07, 6.45) is 4.61. The molecule has 5 heterocycles. The van der Waals surface area contributed by atoms with Gasteiger partial charge < -0.3 is 10.2 Å². The highest BCUT2D eigenvalue weighted by atomic mass is 32.1. The molecule has 0 aliphatic carbocycles. The number of hydrogen-bond acceptors (Lipinski definition) is 4. The van der Waals surface area contributed by atoms with E-state index in [4.69, 9.17) is 0 Å². The average molecular weight is 406 g/mol. The van der Waals surface area contributed by atoms with E-state index < -0.39 is 0 Å². The maximum atomic E-state index is 12.5. The van der Waals surface area contributed by atoms with Crippen LogP contribution in [0.1, 0.15) is 23.3 Å². The van der Waals surface area contributed by atoms with Crippen molar-refractivity contribution >= 4 is 11.3 Å². The molecule has 0 saturated carbocycles. The summed E-state index contributed by atoms with van der Waals surface area (Å²) in [4.78, 5) is 17.6. The van der Waals surface area contributed by atoms with Gasteiger partial charge in [0.2, 0.25) is 0 Å². The van der Waals surface area contributed by atoms with Crippen molar-refractivity contribution in [1.29, 1.82) is 0 Å². The van der Waals surface area contributed by atoms with Gasteiger partial charge in [-0.2, -0.15) is 0 Å². The molecule has 3 fully saturated rings. The van der Waals surface area contributed by atoms with Crippen LogP contribution in [0.3, 0.4) is 0 Å². The van der Waals surface area contributed by atoms with E-state index in [1.54, 1.807) is 22.0 Å². The average Bonchev–Trinajstić information content (AvgIpc) is 3.20. The Morgan fingerprint density at radius 3 is 2.48 bits per heavy atom. The topological polar surface area (TPSA) is 37.3 Å². The van der Waals surface area contributed by atoms with Gasteiger partial charge in [0.25, 0.3) is 5.56 Å². The largest absolute Gasteiger partial charge is 0.308 e. The Labute approximate surface area is 175 Å². The first-order chi connectivity index (χ1) is 14.2. The molecule has 2 aromatic heterocycles. The number of nitrogens with zero attached hydrogens (tertiary/aromatic N) is 2. The minimum atomic E-state index is 0.0105. The van der Waals surface area contributed by atoms with Gasteiger partial charge in [-0.15, -0.1) is 11.3 Å². The van der Waals surface area contributed by atoms with E-state index in [0.717, 1.165) is 30.3 Å². The first-order valence-corrected chi connectivity index (χ1v) is 11.3. The zero-order valence-electron chi connectivity index (χ0n) is 16.8. The number of thiophene rings is 1. The molecular weight excluding hydrogens is 378 g/mol. The lowest BCUT2D eigenvalue weighted by atomic mass is 9.84. The van der Waals surface area contributed by atoms with E-state index in [0.29, 0.717) is 6.04 Å². The van der Waals surface area contributed by atoms with Crippen molar-refractivity contribution in [2.75, 3.05) is 19.6 Å². The van der Waals surface area contributed by atoms with Crippen LogP contribution < -0.4 is 10.9 Å². The molecular formula is C24H27N3OS. The van der Waals surface area contributed by atoms with Crippen LogP contribution in [0.25, 0.3) is 16.1 Å². The Morgan fingerprint density at radius 2 is 1.83 bits per heavy atom. The van der Waals surface area contributed by atoms with Crippen molar-refractivity contribution in [2.45, 2.75) is 32.4 Å². The van der Waals surface area contributed by atoms with Crippen LogP contribution >= 0.6 is 11.3 Å². The van der Waals surface area contributed by atoms with Crippen LogP contribution in [0.15, 0.2) is 59.5 Å². The molecule has 0 amide bonds. The fraction of sp³-hybridized carbons (Fsp3) is 0.375.